The zero-order valence-corrected chi connectivity index (χ0v) is 12.6. The van der Waals surface area contributed by atoms with Crippen molar-refractivity contribution >= 4 is 0 Å². The van der Waals surface area contributed by atoms with E-state index in [1.54, 1.807) is 13.5 Å². The second-order valence-corrected chi connectivity index (χ2v) is 7.47. The normalized spacial score (nSPS) is 38.4. The summed E-state index contributed by atoms with van der Waals surface area (Å²) >= 11 is 0. The Labute approximate surface area is 118 Å². The summed E-state index contributed by atoms with van der Waals surface area (Å²) < 4.78 is 5.17. The maximum Gasteiger partial charge on any atom is 0.0587 e. The van der Waals surface area contributed by atoms with E-state index in [0.717, 1.165) is 30.9 Å². The molecule has 3 rings (SSSR count). The molecule has 3 atom stereocenters. The summed E-state index contributed by atoms with van der Waals surface area (Å²) in [6.45, 7) is 3.14. The third-order valence-corrected chi connectivity index (χ3v) is 6.23. The van der Waals surface area contributed by atoms with Gasteiger partial charge in [-0.15, -0.1) is 0 Å². The molecule has 110 valence electrons. The molecular formula is C17H31NO. The third-order valence-electron chi connectivity index (χ3n) is 6.23. The number of nitrogens with one attached hydrogen (secondary N) is 1. The number of fused-ring (bicyclic) bond motifs is 2. The molecule has 3 unspecified atom stereocenters. The van der Waals surface area contributed by atoms with Crippen molar-refractivity contribution in [2.45, 2.75) is 57.8 Å². The minimum Gasteiger partial charge on any atom is -0.383 e. The maximum atomic E-state index is 5.17. The van der Waals surface area contributed by atoms with Gasteiger partial charge in [0.2, 0.25) is 0 Å². The van der Waals surface area contributed by atoms with E-state index >= 15 is 0 Å². The minimum absolute atomic E-state index is 0.658. The van der Waals surface area contributed by atoms with Crippen LogP contribution in [0.1, 0.15) is 57.8 Å². The molecule has 19 heavy (non-hydrogen) atoms. The highest BCUT2D eigenvalue weighted by atomic mass is 16.5. The first-order valence-corrected chi connectivity index (χ1v) is 8.52. The van der Waals surface area contributed by atoms with Crippen LogP contribution in [0.3, 0.4) is 0 Å². The van der Waals surface area contributed by atoms with Crippen LogP contribution in [0.2, 0.25) is 0 Å². The Morgan fingerprint density at radius 3 is 2.63 bits per heavy atom. The molecule has 0 aromatic carbocycles. The first kappa shape index (κ1) is 13.9. The molecule has 2 bridgehead atoms. The van der Waals surface area contributed by atoms with Crippen LogP contribution in [0.4, 0.5) is 0 Å². The third kappa shape index (κ3) is 3.00. The van der Waals surface area contributed by atoms with Crippen LogP contribution in [-0.2, 0) is 4.74 Å². The molecule has 2 nitrogen and oxygen atoms in total. The minimum atomic E-state index is 0.658. The van der Waals surface area contributed by atoms with E-state index in [-0.39, 0.29) is 0 Å². The molecule has 0 aromatic rings. The standard InChI is InChI=1S/C17H31NO/c1-19-9-8-18-13-17(11-14-4-2-3-5-14)12-15-6-7-16(17)10-15/h14-16,18H,2-13H2,1H3. The van der Waals surface area contributed by atoms with Crippen molar-refractivity contribution < 1.29 is 4.74 Å². The molecule has 0 aliphatic heterocycles. The zero-order chi connectivity index (χ0) is 13.1. The van der Waals surface area contributed by atoms with Gasteiger partial charge < -0.3 is 10.1 Å². The van der Waals surface area contributed by atoms with Crippen LogP contribution in [0.15, 0.2) is 0 Å². The van der Waals surface area contributed by atoms with Gasteiger partial charge in [0.05, 0.1) is 6.61 Å². The fraction of sp³-hybridized carbons (Fsp3) is 1.00. The van der Waals surface area contributed by atoms with E-state index in [0.29, 0.717) is 5.41 Å². The van der Waals surface area contributed by atoms with Gasteiger partial charge in [-0.05, 0) is 48.9 Å². The number of ether oxygens (including phenoxy) is 1. The van der Waals surface area contributed by atoms with Gasteiger partial charge in [0.1, 0.15) is 0 Å². The zero-order valence-electron chi connectivity index (χ0n) is 12.6. The molecule has 0 radical (unpaired) electrons. The predicted octanol–water partition coefficient (Wildman–Crippen LogP) is 3.61. The van der Waals surface area contributed by atoms with E-state index in [2.05, 4.69) is 5.32 Å². The van der Waals surface area contributed by atoms with E-state index in [1.807, 2.05) is 0 Å². The molecule has 0 spiro atoms. The summed E-state index contributed by atoms with van der Waals surface area (Å²) in [6, 6.07) is 0. The molecule has 0 aromatic heterocycles. The van der Waals surface area contributed by atoms with Crippen LogP contribution < -0.4 is 5.32 Å². The Morgan fingerprint density at radius 2 is 2.00 bits per heavy atom. The number of methoxy groups -OCH3 is 1. The fourth-order valence-corrected chi connectivity index (χ4v) is 5.40. The molecule has 2 heteroatoms. The van der Waals surface area contributed by atoms with E-state index < -0.39 is 0 Å². The Morgan fingerprint density at radius 1 is 1.16 bits per heavy atom. The Kier molecular flexibility index (Phi) is 4.48. The highest BCUT2D eigenvalue weighted by Gasteiger charge is 2.51. The average molecular weight is 265 g/mol. The molecule has 1 N–H and O–H groups in total. The Hall–Kier alpha value is -0.0800. The Bertz CT molecular complexity index is 287. The van der Waals surface area contributed by atoms with Gasteiger partial charge >= 0.3 is 0 Å². The molecule has 0 saturated heterocycles. The first-order valence-electron chi connectivity index (χ1n) is 8.52. The molecule has 0 amide bonds. The summed E-state index contributed by atoms with van der Waals surface area (Å²) in [5.74, 6) is 3.15. The molecule has 3 aliphatic carbocycles. The van der Waals surface area contributed by atoms with Gasteiger partial charge in [-0.1, -0.05) is 32.1 Å². The van der Waals surface area contributed by atoms with E-state index in [1.165, 1.54) is 57.9 Å². The van der Waals surface area contributed by atoms with Crippen LogP contribution in [0.5, 0.6) is 0 Å². The van der Waals surface area contributed by atoms with E-state index in [9.17, 15) is 0 Å². The van der Waals surface area contributed by atoms with Crippen molar-refractivity contribution in [3.8, 4) is 0 Å². The number of hydrogen-bond acceptors (Lipinski definition) is 2. The summed E-state index contributed by atoms with van der Waals surface area (Å²) in [4.78, 5) is 0. The smallest absolute Gasteiger partial charge is 0.0587 e. The maximum absolute atomic E-state index is 5.17. The molecular weight excluding hydrogens is 234 g/mol. The lowest BCUT2D eigenvalue weighted by Crippen LogP contribution is -2.41. The van der Waals surface area contributed by atoms with Crippen molar-refractivity contribution in [1.29, 1.82) is 0 Å². The lowest BCUT2D eigenvalue weighted by molar-refractivity contribution is 0.111. The van der Waals surface area contributed by atoms with Gasteiger partial charge in [-0.3, -0.25) is 0 Å². The van der Waals surface area contributed by atoms with Crippen molar-refractivity contribution in [2.24, 2.45) is 23.2 Å². The van der Waals surface area contributed by atoms with Crippen LogP contribution in [0, 0.1) is 23.2 Å². The summed E-state index contributed by atoms with van der Waals surface area (Å²) in [5, 5.41) is 3.70. The van der Waals surface area contributed by atoms with E-state index in [4.69, 9.17) is 4.74 Å². The van der Waals surface area contributed by atoms with Crippen molar-refractivity contribution in [3.05, 3.63) is 0 Å². The first-order chi connectivity index (χ1) is 9.32. The lowest BCUT2D eigenvalue weighted by Gasteiger charge is -2.40. The molecule has 0 heterocycles. The van der Waals surface area contributed by atoms with Crippen LogP contribution in [0.25, 0.3) is 0 Å². The van der Waals surface area contributed by atoms with Crippen molar-refractivity contribution in [2.75, 3.05) is 26.8 Å². The average Bonchev–Trinajstić information content (AvgIpc) is 3.11. The molecule has 3 saturated carbocycles. The predicted molar refractivity (Wildman–Crippen MR) is 79.2 cm³/mol. The van der Waals surface area contributed by atoms with Gasteiger partial charge in [0.15, 0.2) is 0 Å². The van der Waals surface area contributed by atoms with Crippen LogP contribution >= 0.6 is 0 Å². The van der Waals surface area contributed by atoms with Gasteiger partial charge in [0.25, 0.3) is 0 Å². The van der Waals surface area contributed by atoms with Crippen LogP contribution in [-0.4, -0.2) is 26.8 Å². The summed E-state index contributed by atoms with van der Waals surface area (Å²) in [5.41, 5.74) is 0.658. The SMILES string of the molecule is COCCNCC1(CC2CCCC2)CC2CCC1C2. The highest BCUT2D eigenvalue weighted by Crippen LogP contribution is 2.59. The summed E-state index contributed by atoms with van der Waals surface area (Å²) in [6.07, 6.45) is 13.6. The number of rotatable bonds is 7. The fourth-order valence-electron chi connectivity index (χ4n) is 5.40. The quantitative estimate of drug-likeness (QED) is 0.710. The van der Waals surface area contributed by atoms with Gasteiger partial charge in [-0.25, -0.2) is 0 Å². The number of hydrogen-bond donors (Lipinski definition) is 1. The molecule has 3 fully saturated rings. The van der Waals surface area contributed by atoms with Crippen molar-refractivity contribution in [1.82, 2.24) is 5.32 Å². The topological polar surface area (TPSA) is 21.3 Å². The summed E-state index contributed by atoms with van der Waals surface area (Å²) in [7, 11) is 1.80. The lowest BCUT2D eigenvalue weighted by atomic mass is 9.67. The van der Waals surface area contributed by atoms with Gasteiger partial charge in [0, 0.05) is 20.2 Å². The monoisotopic (exact) mass is 265 g/mol. The Balaban J connectivity index is 1.58. The highest BCUT2D eigenvalue weighted by molar-refractivity contribution is 5.02. The van der Waals surface area contributed by atoms with Crippen molar-refractivity contribution in [3.63, 3.8) is 0 Å². The second-order valence-electron chi connectivity index (χ2n) is 7.47. The largest absolute Gasteiger partial charge is 0.383 e. The molecule has 3 aliphatic rings. The second kappa shape index (κ2) is 6.13. The van der Waals surface area contributed by atoms with Gasteiger partial charge in [-0.2, -0.15) is 0 Å².